The summed E-state index contributed by atoms with van der Waals surface area (Å²) in [5, 5.41) is 5.80. The van der Waals surface area contributed by atoms with Crippen LogP contribution in [0.5, 0.6) is 0 Å². The Morgan fingerprint density at radius 1 is 1.12 bits per heavy atom. The van der Waals surface area contributed by atoms with Gasteiger partial charge in [-0.05, 0) is 49.2 Å². The summed E-state index contributed by atoms with van der Waals surface area (Å²) >= 11 is 5.89. The Balaban J connectivity index is 1.76. The molecular formula is C18H15ClN4O. The standard InChI is InChI=1S/C18H15ClN4O/c19-12-7-9-13(10-8-12)21-22-16-6-3-11-23-17(16)20-15-5-2-1-4-14(15)18(23)24/h1-2,4-5,7-10,21H,3,6,11H2. The molecule has 2 aromatic carbocycles. The van der Waals surface area contributed by atoms with Crippen LogP contribution in [0.15, 0.2) is 58.4 Å². The van der Waals surface area contributed by atoms with Crippen LogP contribution in [0.1, 0.15) is 18.7 Å². The van der Waals surface area contributed by atoms with Crippen molar-refractivity contribution in [1.29, 1.82) is 0 Å². The summed E-state index contributed by atoms with van der Waals surface area (Å²) in [6.07, 6.45) is 1.65. The fourth-order valence-electron chi connectivity index (χ4n) is 2.87. The number of hydrogen-bond acceptors (Lipinski definition) is 4. The Kier molecular flexibility index (Phi) is 3.78. The minimum Gasteiger partial charge on any atom is -0.291 e. The molecule has 0 atom stereocenters. The number of benzene rings is 2. The van der Waals surface area contributed by atoms with E-state index in [1.807, 2.05) is 36.4 Å². The number of nitrogens with zero attached hydrogens (tertiary/aromatic N) is 3. The number of nitrogens with one attached hydrogen (secondary N) is 1. The molecule has 1 aromatic heterocycles. The molecule has 1 aliphatic rings. The van der Waals surface area contributed by atoms with Crippen LogP contribution in [0.4, 0.5) is 5.69 Å². The van der Waals surface area contributed by atoms with Crippen LogP contribution < -0.4 is 11.0 Å². The van der Waals surface area contributed by atoms with E-state index >= 15 is 0 Å². The lowest BCUT2D eigenvalue weighted by atomic mass is 10.1. The highest BCUT2D eigenvalue weighted by Gasteiger charge is 2.20. The number of rotatable bonds is 2. The summed E-state index contributed by atoms with van der Waals surface area (Å²) in [4.78, 5) is 17.3. The van der Waals surface area contributed by atoms with E-state index in [9.17, 15) is 4.79 Å². The zero-order chi connectivity index (χ0) is 16.5. The van der Waals surface area contributed by atoms with E-state index in [2.05, 4.69) is 15.5 Å². The summed E-state index contributed by atoms with van der Waals surface area (Å²) in [6, 6.07) is 14.7. The van der Waals surface area contributed by atoms with Crippen LogP contribution >= 0.6 is 11.6 Å². The molecule has 24 heavy (non-hydrogen) atoms. The maximum absolute atomic E-state index is 12.7. The van der Waals surface area contributed by atoms with Gasteiger partial charge in [0.25, 0.3) is 5.56 Å². The van der Waals surface area contributed by atoms with E-state index in [0.717, 1.165) is 24.2 Å². The topological polar surface area (TPSA) is 59.3 Å². The lowest BCUT2D eigenvalue weighted by Crippen LogP contribution is -2.32. The van der Waals surface area contributed by atoms with Gasteiger partial charge in [-0.25, -0.2) is 4.98 Å². The number of halogens is 1. The monoisotopic (exact) mass is 338 g/mol. The molecule has 4 rings (SSSR count). The molecule has 3 aromatic rings. The molecule has 1 N–H and O–H groups in total. The van der Waals surface area contributed by atoms with Crippen molar-refractivity contribution in [2.24, 2.45) is 5.10 Å². The number of aromatic nitrogens is 2. The fourth-order valence-corrected chi connectivity index (χ4v) is 3.00. The highest BCUT2D eigenvalue weighted by molar-refractivity contribution is 6.30. The number of para-hydroxylation sites is 1. The molecule has 5 nitrogen and oxygen atoms in total. The summed E-state index contributed by atoms with van der Waals surface area (Å²) in [7, 11) is 0. The zero-order valence-electron chi connectivity index (χ0n) is 12.9. The van der Waals surface area contributed by atoms with Crippen molar-refractivity contribution in [3.05, 3.63) is 69.7 Å². The average Bonchev–Trinajstić information content (AvgIpc) is 2.62. The lowest BCUT2D eigenvalue weighted by Gasteiger charge is -2.19. The van der Waals surface area contributed by atoms with Crippen LogP contribution in [0.3, 0.4) is 0 Å². The Hall–Kier alpha value is -2.66. The predicted octanol–water partition coefficient (Wildman–Crippen LogP) is 3.66. The van der Waals surface area contributed by atoms with Gasteiger partial charge < -0.3 is 0 Å². The molecule has 0 unspecified atom stereocenters. The van der Waals surface area contributed by atoms with Crippen molar-refractivity contribution in [1.82, 2.24) is 9.55 Å². The Morgan fingerprint density at radius 2 is 1.92 bits per heavy atom. The molecule has 0 amide bonds. The van der Waals surface area contributed by atoms with Crippen molar-refractivity contribution in [2.45, 2.75) is 19.4 Å². The SMILES string of the molecule is O=c1c2ccccc2nc2n1CCCC2=NNc1ccc(Cl)cc1. The van der Waals surface area contributed by atoms with Crippen molar-refractivity contribution < 1.29 is 0 Å². The average molecular weight is 339 g/mol. The highest BCUT2D eigenvalue weighted by atomic mass is 35.5. The Morgan fingerprint density at radius 3 is 2.75 bits per heavy atom. The van der Waals surface area contributed by atoms with Crippen molar-refractivity contribution in [3.63, 3.8) is 0 Å². The van der Waals surface area contributed by atoms with E-state index in [1.165, 1.54) is 0 Å². The van der Waals surface area contributed by atoms with Crippen molar-refractivity contribution >= 4 is 33.9 Å². The molecular weight excluding hydrogens is 324 g/mol. The van der Waals surface area contributed by atoms with Gasteiger partial charge in [0.05, 0.1) is 16.6 Å². The normalized spacial score (nSPS) is 15.5. The third-order valence-corrected chi connectivity index (χ3v) is 4.33. The van der Waals surface area contributed by atoms with E-state index in [-0.39, 0.29) is 5.56 Å². The molecule has 6 heteroatoms. The molecule has 120 valence electrons. The fraction of sp³-hybridized carbons (Fsp3) is 0.167. The van der Waals surface area contributed by atoms with Crippen LogP contribution in [-0.4, -0.2) is 15.3 Å². The second-order valence-corrected chi connectivity index (χ2v) is 6.13. The quantitative estimate of drug-likeness (QED) is 0.725. The van der Waals surface area contributed by atoms with Gasteiger partial charge in [-0.15, -0.1) is 0 Å². The van der Waals surface area contributed by atoms with Gasteiger partial charge in [0, 0.05) is 11.6 Å². The van der Waals surface area contributed by atoms with Crippen molar-refractivity contribution in [3.8, 4) is 0 Å². The molecule has 0 spiro atoms. The number of fused-ring (bicyclic) bond motifs is 2. The third-order valence-electron chi connectivity index (χ3n) is 4.08. The van der Waals surface area contributed by atoms with Gasteiger partial charge in [-0.3, -0.25) is 14.8 Å². The first-order valence-corrected chi connectivity index (χ1v) is 8.18. The molecule has 0 fully saturated rings. The van der Waals surface area contributed by atoms with Gasteiger partial charge in [0.15, 0.2) is 5.82 Å². The first-order valence-electron chi connectivity index (χ1n) is 7.80. The molecule has 0 bridgehead atoms. The zero-order valence-corrected chi connectivity index (χ0v) is 13.6. The second kappa shape index (κ2) is 6.09. The largest absolute Gasteiger partial charge is 0.291 e. The molecule has 0 saturated heterocycles. The maximum atomic E-state index is 12.7. The van der Waals surface area contributed by atoms with Gasteiger partial charge in [-0.1, -0.05) is 23.7 Å². The third kappa shape index (κ3) is 2.67. The summed E-state index contributed by atoms with van der Waals surface area (Å²) in [6.45, 7) is 0.673. The second-order valence-electron chi connectivity index (χ2n) is 5.69. The lowest BCUT2D eigenvalue weighted by molar-refractivity contribution is 0.597. The van der Waals surface area contributed by atoms with Crippen LogP contribution in [0.2, 0.25) is 5.02 Å². The van der Waals surface area contributed by atoms with E-state index in [0.29, 0.717) is 28.3 Å². The van der Waals surface area contributed by atoms with Crippen LogP contribution in [0.25, 0.3) is 10.9 Å². The van der Waals surface area contributed by atoms with E-state index < -0.39 is 0 Å². The van der Waals surface area contributed by atoms with Gasteiger partial charge >= 0.3 is 0 Å². The molecule has 1 aliphatic heterocycles. The predicted molar refractivity (Wildman–Crippen MR) is 96.8 cm³/mol. The van der Waals surface area contributed by atoms with E-state index in [1.54, 1.807) is 16.7 Å². The number of hydrogen-bond donors (Lipinski definition) is 1. The summed E-state index contributed by atoms with van der Waals surface area (Å²) in [5.74, 6) is 0.645. The van der Waals surface area contributed by atoms with Crippen LogP contribution in [0, 0.1) is 0 Å². The molecule has 0 saturated carbocycles. The number of hydrazone groups is 1. The Bertz CT molecular complexity index is 992. The van der Waals surface area contributed by atoms with Crippen LogP contribution in [-0.2, 0) is 6.54 Å². The maximum Gasteiger partial charge on any atom is 0.261 e. The van der Waals surface area contributed by atoms with Gasteiger partial charge in [0.1, 0.15) is 5.71 Å². The molecule has 0 radical (unpaired) electrons. The minimum atomic E-state index is -0.00510. The molecule has 0 aliphatic carbocycles. The smallest absolute Gasteiger partial charge is 0.261 e. The molecule has 2 heterocycles. The summed E-state index contributed by atoms with van der Waals surface area (Å²) in [5.41, 5.74) is 5.35. The number of anilines is 1. The first kappa shape index (κ1) is 14.9. The van der Waals surface area contributed by atoms with Crippen molar-refractivity contribution in [2.75, 3.05) is 5.43 Å². The minimum absolute atomic E-state index is 0.00510. The van der Waals surface area contributed by atoms with Gasteiger partial charge in [-0.2, -0.15) is 5.10 Å². The highest BCUT2D eigenvalue weighted by Crippen LogP contribution is 2.17. The van der Waals surface area contributed by atoms with Gasteiger partial charge in [0.2, 0.25) is 0 Å². The first-order chi connectivity index (χ1) is 11.7. The van der Waals surface area contributed by atoms with E-state index in [4.69, 9.17) is 11.6 Å². The Labute approximate surface area is 143 Å². The summed E-state index contributed by atoms with van der Waals surface area (Å²) < 4.78 is 1.72.